The van der Waals surface area contributed by atoms with Crippen LogP contribution in [0.3, 0.4) is 0 Å². The van der Waals surface area contributed by atoms with E-state index in [0.29, 0.717) is 22.8 Å². The molecule has 1 aliphatic heterocycles. The van der Waals surface area contributed by atoms with Gasteiger partial charge in [-0.3, -0.25) is 4.79 Å². The molecule has 2 heterocycles. The lowest BCUT2D eigenvalue weighted by atomic mass is 10.1. The maximum Gasteiger partial charge on any atom is 0.277 e. The van der Waals surface area contributed by atoms with E-state index in [-0.39, 0.29) is 11.5 Å². The highest BCUT2D eigenvalue weighted by Crippen LogP contribution is 2.26. The van der Waals surface area contributed by atoms with Gasteiger partial charge in [0.1, 0.15) is 5.71 Å². The largest absolute Gasteiger partial charge is 0.378 e. The van der Waals surface area contributed by atoms with E-state index in [1.54, 1.807) is 0 Å². The Morgan fingerprint density at radius 1 is 1.15 bits per heavy atom. The van der Waals surface area contributed by atoms with Crippen LogP contribution in [0.1, 0.15) is 49.3 Å². The van der Waals surface area contributed by atoms with Crippen molar-refractivity contribution in [1.82, 2.24) is 9.66 Å². The first kappa shape index (κ1) is 18.0. The van der Waals surface area contributed by atoms with Gasteiger partial charge in [-0.05, 0) is 50.5 Å². The van der Waals surface area contributed by atoms with E-state index in [4.69, 9.17) is 9.98 Å². The lowest BCUT2D eigenvalue weighted by molar-refractivity contribution is 0.729. The molecule has 26 heavy (non-hydrogen) atoms. The van der Waals surface area contributed by atoms with E-state index < -0.39 is 0 Å². The molecule has 0 saturated heterocycles. The molecular formula is C20H25N5O. The number of aryl methyl sites for hydroxylation is 1. The summed E-state index contributed by atoms with van der Waals surface area (Å²) in [4.78, 5) is 24.2. The minimum absolute atomic E-state index is 0.122. The molecule has 2 aromatic rings. The number of aromatic nitrogens is 2. The molecule has 0 amide bonds. The third kappa shape index (κ3) is 2.96. The highest BCUT2D eigenvalue weighted by atomic mass is 16.1. The van der Waals surface area contributed by atoms with Crippen molar-refractivity contribution < 1.29 is 0 Å². The third-order valence-corrected chi connectivity index (χ3v) is 4.60. The Morgan fingerprint density at radius 2 is 1.85 bits per heavy atom. The van der Waals surface area contributed by atoms with Crippen LogP contribution in [0.5, 0.6) is 0 Å². The second-order valence-corrected chi connectivity index (χ2v) is 7.23. The van der Waals surface area contributed by atoms with E-state index in [9.17, 15) is 4.79 Å². The summed E-state index contributed by atoms with van der Waals surface area (Å²) in [5, 5.41) is 4.39. The highest BCUT2D eigenvalue weighted by Gasteiger charge is 2.26. The number of rotatable bonds is 3. The van der Waals surface area contributed by atoms with Gasteiger partial charge in [0.2, 0.25) is 0 Å². The van der Waals surface area contributed by atoms with E-state index >= 15 is 0 Å². The van der Waals surface area contributed by atoms with Gasteiger partial charge in [-0.25, -0.2) is 9.98 Å². The van der Waals surface area contributed by atoms with Crippen molar-refractivity contribution in [3.8, 4) is 0 Å². The number of fused-ring (bicyclic) bond motifs is 1. The summed E-state index contributed by atoms with van der Waals surface area (Å²) >= 11 is 0. The molecular weight excluding hydrogens is 326 g/mol. The molecule has 0 spiro atoms. The smallest absolute Gasteiger partial charge is 0.277 e. The molecule has 1 aliphatic rings. The van der Waals surface area contributed by atoms with Crippen molar-refractivity contribution >= 4 is 22.8 Å². The first-order valence-corrected chi connectivity index (χ1v) is 8.77. The summed E-state index contributed by atoms with van der Waals surface area (Å²) in [6.07, 6.45) is 0. The molecule has 6 heteroatoms. The van der Waals surface area contributed by atoms with Gasteiger partial charge in [-0.2, -0.15) is 9.78 Å². The molecule has 3 rings (SSSR count). The van der Waals surface area contributed by atoms with Gasteiger partial charge < -0.3 is 4.90 Å². The maximum absolute atomic E-state index is 12.7. The van der Waals surface area contributed by atoms with Crippen LogP contribution < -0.4 is 10.5 Å². The highest BCUT2D eigenvalue weighted by molar-refractivity contribution is 6.48. The van der Waals surface area contributed by atoms with Gasteiger partial charge in [0.05, 0.1) is 17.1 Å². The Morgan fingerprint density at radius 3 is 2.42 bits per heavy atom. The fraction of sp³-hybridized carbons (Fsp3) is 0.400. The van der Waals surface area contributed by atoms with Gasteiger partial charge in [0, 0.05) is 25.3 Å². The predicted molar refractivity (Wildman–Crippen MR) is 108 cm³/mol. The lowest BCUT2D eigenvalue weighted by Gasteiger charge is -2.14. The van der Waals surface area contributed by atoms with Gasteiger partial charge >= 0.3 is 0 Å². The van der Waals surface area contributed by atoms with Crippen LogP contribution in [0.25, 0.3) is 0 Å². The van der Waals surface area contributed by atoms with Crippen LogP contribution in [-0.2, 0) is 0 Å². The molecule has 0 atom stereocenters. The Hall–Kier alpha value is -2.76. The van der Waals surface area contributed by atoms with Crippen molar-refractivity contribution in [1.29, 1.82) is 0 Å². The SMILES string of the molecule is CC1=Nn2c(nc(C(C)C)c(C)c2=O)C1=Nc1ccc(N(C)C)cc1C. The van der Waals surface area contributed by atoms with Crippen LogP contribution in [0.4, 0.5) is 11.4 Å². The number of hydrogen-bond acceptors (Lipinski definition) is 5. The van der Waals surface area contributed by atoms with Crippen molar-refractivity contribution in [2.75, 3.05) is 19.0 Å². The molecule has 0 N–H and O–H groups in total. The first-order valence-electron chi connectivity index (χ1n) is 8.77. The predicted octanol–water partition coefficient (Wildman–Crippen LogP) is 3.41. The van der Waals surface area contributed by atoms with Gasteiger partial charge in [0.15, 0.2) is 5.82 Å². The van der Waals surface area contributed by atoms with Gasteiger partial charge in [-0.1, -0.05) is 13.8 Å². The standard InChI is InChI=1S/C20H25N5O/c1-11(2)17-13(4)20(26)25-19(22-17)18(14(5)23-25)21-16-9-8-15(24(6)7)10-12(16)3/h8-11H,1-7H3. The molecule has 0 saturated carbocycles. The summed E-state index contributed by atoms with van der Waals surface area (Å²) in [6.45, 7) is 9.77. The van der Waals surface area contributed by atoms with Crippen LogP contribution >= 0.6 is 0 Å². The summed E-state index contributed by atoms with van der Waals surface area (Å²) in [7, 11) is 4.02. The Labute approximate surface area is 153 Å². The minimum Gasteiger partial charge on any atom is -0.378 e. The maximum atomic E-state index is 12.7. The van der Waals surface area contributed by atoms with Crippen LogP contribution in [0.15, 0.2) is 33.1 Å². The van der Waals surface area contributed by atoms with Crippen LogP contribution in [0, 0.1) is 13.8 Å². The molecule has 0 unspecified atom stereocenters. The second kappa shape index (κ2) is 6.52. The third-order valence-electron chi connectivity index (χ3n) is 4.60. The van der Waals surface area contributed by atoms with Gasteiger partial charge in [0.25, 0.3) is 5.56 Å². The summed E-state index contributed by atoms with van der Waals surface area (Å²) < 4.78 is 1.37. The molecule has 0 aliphatic carbocycles. The van der Waals surface area contributed by atoms with Crippen molar-refractivity contribution in [3.63, 3.8) is 0 Å². The monoisotopic (exact) mass is 351 g/mol. The van der Waals surface area contributed by atoms with Crippen molar-refractivity contribution in [2.24, 2.45) is 10.1 Å². The quantitative estimate of drug-likeness (QED) is 0.851. The minimum atomic E-state index is -0.122. The first-order chi connectivity index (χ1) is 12.2. The van der Waals surface area contributed by atoms with E-state index in [1.165, 1.54) is 4.68 Å². The molecule has 136 valence electrons. The average Bonchev–Trinajstić information content (AvgIpc) is 2.88. The Balaban J connectivity index is 2.17. The van der Waals surface area contributed by atoms with Crippen molar-refractivity contribution in [3.05, 3.63) is 51.2 Å². The molecule has 1 aromatic carbocycles. The zero-order valence-corrected chi connectivity index (χ0v) is 16.5. The van der Waals surface area contributed by atoms with Crippen LogP contribution in [0.2, 0.25) is 0 Å². The second-order valence-electron chi connectivity index (χ2n) is 7.23. The molecule has 0 bridgehead atoms. The number of aliphatic imine (C=N–C) groups is 1. The van der Waals surface area contributed by atoms with Crippen LogP contribution in [-0.4, -0.2) is 35.2 Å². The number of nitrogens with zero attached hydrogens (tertiary/aromatic N) is 5. The molecule has 6 nitrogen and oxygen atoms in total. The Bertz CT molecular complexity index is 996. The summed E-state index contributed by atoms with van der Waals surface area (Å²) in [5.41, 5.74) is 5.73. The lowest BCUT2D eigenvalue weighted by Crippen LogP contribution is -2.26. The fourth-order valence-electron chi connectivity index (χ4n) is 3.07. The zero-order chi connectivity index (χ0) is 19.2. The topological polar surface area (TPSA) is 62.9 Å². The average molecular weight is 351 g/mol. The normalized spacial score (nSPS) is 14.8. The molecule has 0 fully saturated rings. The number of hydrogen-bond donors (Lipinski definition) is 0. The number of anilines is 1. The van der Waals surface area contributed by atoms with E-state index in [0.717, 1.165) is 22.6 Å². The zero-order valence-electron chi connectivity index (χ0n) is 16.5. The van der Waals surface area contributed by atoms with E-state index in [1.807, 2.05) is 60.8 Å². The molecule has 1 aromatic heterocycles. The molecule has 0 radical (unpaired) electrons. The summed E-state index contributed by atoms with van der Waals surface area (Å²) in [6, 6.07) is 6.11. The van der Waals surface area contributed by atoms with Crippen molar-refractivity contribution in [2.45, 2.75) is 40.5 Å². The Kier molecular flexibility index (Phi) is 4.52. The number of benzene rings is 1. The summed E-state index contributed by atoms with van der Waals surface area (Å²) in [5.74, 6) is 0.690. The van der Waals surface area contributed by atoms with E-state index in [2.05, 4.69) is 16.1 Å². The van der Waals surface area contributed by atoms with Gasteiger partial charge in [-0.15, -0.1) is 0 Å². The fourth-order valence-corrected chi connectivity index (χ4v) is 3.07.